The molecule has 0 amide bonds. The van der Waals surface area contributed by atoms with E-state index in [1.54, 1.807) is 5.57 Å². The number of hydrogen-bond donors (Lipinski definition) is 0. The minimum Gasteiger partial charge on any atom is -0.0772 e. The molecule has 0 saturated heterocycles. The summed E-state index contributed by atoms with van der Waals surface area (Å²) in [5.41, 5.74) is 3.08. The normalized spacial score (nSPS) is 13.4. The van der Waals surface area contributed by atoms with Crippen molar-refractivity contribution in [3.8, 4) is 0 Å². The van der Waals surface area contributed by atoms with E-state index >= 15 is 0 Å². The fourth-order valence-electron chi connectivity index (χ4n) is 1.65. The van der Waals surface area contributed by atoms with Crippen LogP contribution >= 0.6 is 0 Å². The molecule has 0 radical (unpaired) electrons. The molecule has 0 spiro atoms. The van der Waals surface area contributed by atoms with Gasteiger partial charge in [0, 0.05) is 0 Å². The fraction of sp³-hybridized carbons (Fsp3) is 0.818. The van der Waals surface area contributed by atoms with Crippen LogP contribution in [0.3, 0.4) is 0 Å². The first-order valence-corrected chi connectivity index (χ1v) is 4.64. The van der Waals surface area contributed by atoms with Crippen molar-refractivity contribution < 1.29 is 0 Å². The number of allylic oxidation sites excluding steroid dienone is 2. The molecule has 0 aliphatic carbocycles. The summed E-state index contributed by atoms with van der Waals surface area (Å²) in [5, 5.41) is 0. The van der Waals surface area contributed by atoms with Gasteiger partial charge in [0.15, 0.2) is 0 Å². The Bertz CT molecular complexity index is 136. The molecule has 0 fully saturated rings. The van der Waals surface area contributed by atoms with E-state index in [9.17, 15) is 0 Å². The minimum atomic E-state index is 0.787. The van der Waals surface area contributed by atoms with E-state index in [4.69, 9.17) is 0 Å². The van der Waals surface area contributed by atoms with E-state index in [2.05, 4.69) is 41.5 Å². The van der Waals surface area contributed by atoms with Gasteiger partial charge in [0.25, 0.3) is 0 Å². The van der Waals surface area contributed by atoms with Crippen molar-refractivity contribution in [3.05, 3.63) is 11.1 Å². The van der Waals surface area contributed by atoms with Gasteiger partial charge in [-0.25, -0.2) is 0 Å². The first-order valence-electron chi connectivity index (χ1n) is 4.64. The van der Waals surface area contributed by atoms with Gasteiger partial charge in [-0.1, -0.05) is 31.9 Å². The summed E-state index contributed by atoms with van der Waals surface area (Å²) in [6.07, 6.45) is 1.27. The largest absolute Gasteiger partial charge is 0.0772 e. The zero-order valence-corrected chi connectivity index (χ0v) is 8.86. The highest BCUT2D eigenvalue weighted by Gasteiger charge is 2.12. The maximum Gasteiger partial charge on any atom is -0.0183 e. The van der Waals surface area contributed by atoms with Gasteiger partial charge in [0.05, 0.1) is 0 Å². The van der Waals surface area contributed by atoms with Gasteiger partial charge in [-0.05, 0) is 39.0 Å². The number of hydrogen-bond acceptors (Lipinski definition) is 0. The average molecular weight is 154 g/mol. The molecule has 0 aliphatic rings. The van der Waals surface area contributed by atoms with Crippen molar-refractivity contribution in [2.75, 3.05) is 0 Å². The molecule has 0 nitrogen and oxygen atoms in total. The van der Waals surface area contributed by atoms with Crippen molar-refractivity contribution in [1.82, 2.24) is 0 Å². The van der Waals surface area contributed by atoms with E-state index in [-0.39, 0.29) is 0 Å². The maximum absolute atomic E-state index is 2.31. The quantitative estimate of drug-likeness (QED) is 0.538. The summed E-state index contributed by atoms with van der Waals surface area (Å²) in [6, 6.07) is 0. The molecule has 0 bridgehead atoms. The number of rotatable bonds is 3. The van der Waals surface area contributed by atoms with Gasteiger partial charge in [0.2, 0.25) is 0 Å². The van der Waals surface area contributed by atoms with E-state index in [1.807, 2.05) is 0 Å². The fourth-order valence-corrected chi connectivity index (χ4v) is 1.65. The van der Waals surface area contributed by atoms with Crippen molar-refractivity contribution in [3.63, 3.8) is 0 Å². The predicted octanol–water partition coefficient (Wildman–Crippen LogP) is 4.02. The molecule has 11 heavy (non-hydrogen) atoms. The molecule has 66 valence electrons. The average Bonchev–Trinajstić information content (AvgIpc) is 1.88. The standard InChI is InChI=1S/C11H22/c1-7-11(9(4)5)10(6)8(2)3/h9,11H,7H2,1-6H3. The topological polar surface area (TPSA) is 0 Å². The van der Waals surface area contributed by atoms with Gasteiger partial charge >= 0.3 is 0 Å². The molecule has 0 N–H and O–H groups in total. The Morgan fingerprint density at radius 1 is 1.09 bits per heavy atom. The van der Waals surface area contributed by atoms with Crippen LogP contribution in [0.25, 0.3) is 0 Å². The van der Waals surface area contributed by atoms with E-state index < -0.39 is 0 Å². The van der Waals surface area contributed by atoms with Crippen LogP contribution in [0.1, 0.15) is 48.0 Å². The molecule has 0 aliphatic heterocycles. The molecule has 0 heterocycles. The second kappa shape index (κ2) is 4.58. The molecule has 1 atom stereocenters. The molecule has 0 saturated carbocycles. The highest BCUT2D eigenvalue weighted by Crippen LogP contribution is 2.25. The van der Waals surface area contributed by atoms with Crippen LogP contribution in [0, 0.1) is 11.8 Å². The third-order valence-electron chi connectivity index (χ3n) is 2.59. The van der Waals surface area contributed by atoms with Gasteiger partial charge in [-0.2, -0.15) is 0 Å². The summed E-state index contributed by atoms with van der Waals surface area (Å²) in [7, 11) is 0. The van der Waals surface area contributed by atoms with Crippen LogP contribution in [0.5, 0.6) is 0 Å². The highest BCUT2D eigenvalue weighted by atomic mass is 14.2. The van der Waals surface area contributed by atoms with E-state index in [0.717, 1.165) is 11.8 Å². The van der Waals surface area contributed by atoms with Crippen LogP contribution in [0.15, 0.2) is 11.1 Å². The summed E-state index contributed by atoms with van der Waals surface area (Å²) in [5.74, 6) is 1.58. The van der Waals surface area contributed by atoms with Gasteiger partial charge in [-0.3, -0.25) is 0 Å². The van der Waals surface area contributed by atoms with Crippen LogP contribution in [-0.4, -0.2) is 0 Å². The minimum absolute atomic E-state index is 0.787. The zero-order chi connectivity index (χ0) is 9.02. The third kappa shape index (κ3) is 3.09. The van der Waals surface area contributed by atoms with Crippen molar-refractivity contribution in [2.45, 2.75) is 48.0 Å². The molecular weight excluding hydrogens is 132 g/mol. The lowest BCUT2D eigenvalue weighted by Crippen LogP contribution is -2.09. The van der Waals surface area contributed by atoms with Crippen LogP contribution in [0.2, 0.25) is 0 Å². The lowest BCUT2D eigenvalue weighted by molar-refractivity contribution is 0.427. The first-order chi connectivity index (χ1) is 5.00. The highest BCUT2D eigenvalue weighted by molar-refractivity contribution is 5.11. The second-order valence-electron chi connectivity index (χ2n) is 3.94. The molecule has 0 heteroatoms. The van der Waals surface area contributed by atoms with Gasteiger partial charge < -0.3 is 0 Å². The van der Waals surface area contributed by atoms with Crippen molar-refractivity contribution in [2.24, 2.45) is 11.8 Å². The lowest BCUT2D eigenvalue weighted by atomic mass is 9.85. The van der Waals surface area contributed by atoms with Gasteiger partial charge in [-0.15, -0.1) is 0 Å². The molecule has 0 aromatic rings. The first kappa shape index (κ1) is 10.7. The molecule has 0 aromatic carbocycles. The molecular formula is C11H22. The van der Waals surface area contributed by atoms with Crippen LogP contribution in [0.4, 0.5) is 0 Å². The second-order valence-corrected chi connectivity index (χ2v) is 3.94. The Kier molecular flexibility index (Phi) is 4.48. The van der Waals surface area contributed by atoms with Crippen molar-refractivity contribution in [1.29, 1.82) is 0 Å². The van der Waals surface area contributed by atoms with E-state index in [1.165, 1.54) is 12.0 Å². The van der Waals surface area contributed by atoms with Gasteiger partial charge in [0.1, 0.15) is 0 Å². The van der Waals surface area contributed by atoms with Crippen LogP contribution < -0.4 is 0 Å². The van der Waals surface area contributed by atoms with E-state index in [0.29, 0.717) is 0 Å². The predicted molar refractivity (Wildman–Crippen MR) is 52.7 cm³/mol. The third-order valence-corrected chi connectivity index (χ3v) is 2.59. The Morgan fingerprint density at radius 2 is 1.55 bits per heavy atom. The Hall–Kier alpha value is -0.260. The summed E-state index contributed by atoms with van der Waals surface area (Å²) in [6.45, 7) is 13.6. The summed E-state index contributed by atoms with van der Waals surface area (Å²) in [4.78, 5) is 0. The zero-order valence-electron chi connectivity index (χ0n) is 8.86. The summed E-state index contributed by atoms with van der Waals surface area (Å²) < 4.78 is 0. The maximum atomic E-state index is 2.31. The smallest absolute Gasteiger partial charge is 0.0183 e. The van der Waals surface area contributed by atoms with Crippen LogP contribution in [-0.2, 0) is 0 Å². The Balaban J connectivity index is 4.39. The molecule has 0 aromatic heterocycles. The molecule has 1 unspecified atom stereocenters. The lowest BCUT2D eigenvalue weighted by Gasteiger charge is -2.21. The Morgan fingerprint density at radius 3 is 1.64 bits per heavy atom. The molecule has 0 rings (SSSR count). The SMILES string of the molecule is CCC(C(C)=C(C)C)C(C)C. The monoisotopic (exact) mass is 154 g/mol. The van der Waals surface area contributed by atoms with Crippen molar-refractivity contribution >= 4 is 0 Å². The Labute approximate surface area is 71.7 Å². The summed E-state index contributed by atoms with van der Waals surface area (Å²) >= 11 is 0.